The van der Waals surface area contributed by atoms with E-state index in [1.165, 1.54) is 11.1 Å². The molecule has 0 spiro atoms. The summed E-state index contributed by atoms with van der Waals surface area (Å²) >= 11 is 0. The minimum absolute atomic E-state index is 0.226. The number of rotatable bonds is 2. The van der Waals surface area contributed by atoms with Crippen LogP contribution in [-0.2, 0) is 6.42 Å². The molecule has 1 aromatic rings. The summed E-state index contributed by atoms with van der Waals surface area (Å²) in [6.45, 7) is 1.09. The van der Waals surface area contributed by atoms with E-state index in [1.807, 2.05) is 19.2 Å². The summed E-state index contributed by atoms with van der Waals surface area (Å²) in [6.07, 6.45) is -2.65. The van der Waals surface area contributed by atoms with Crippen LogP contribution in [0.25, 0.3) is 0 Å². The summed E-state index contributed by atoms with van der Waals surface area (Å²) in [4.78, 5) is 2.24. The zero-order chi connectivity index (χ0) is 15.0. The monoisotopic (exact) mass is 298 g/mol. The van der Waals surface area contributed by atoms with E-state index in [9.17, 15) is 13.2 Å². The van der Waals surface area contributed by atoms with E-state index in [2.05, 4.69) is 22.3 Å². The Labute approximate surface area is 123 Å². The Bertz CT molecular complexity index is 493. The van der Waals surface area contributed by atoms with Crippen molar-refractivity contribution in [3.05, 3.63) is 35.4 Å². The Morgan fingerprint density at radius 2 is 1.81 bits per heavy atom. The molecule has 1 aliphatic carbocycles. The first-order chi connectivity index (χ1) is 10.0. The maximum atomic E-state index is 12.8. The first-order valence-corrected chi connectivity index (χ1v) is 7.56. The zero-order valence-electron chi connectivity index (χ0n) is 12.2. The van der Waals surface area contributed by atoms with Crippen LogP contribution in [0.1, 0.15) is 30.0 Å². The van der Waals surface area contributed by atoms with Gasteiger partial charge in [0.1, 0.15) is 0 Å². The predicted octanol–water partition coefficient (Wildman–Crippen LogP) is 3.15. The van der Waals surface area contributed by atoms with Crippen molar-refractivity contribution in [2.45, 2.75) is 37.5 Å². The van der Waals surface area contributed by atoms with E-state index in [0.717, 1.165) is 6.42 Å². The van der Waals surface area contributed by atoms with E-state index in [4.69, 9.17) is 0 Å². The van der Waals surface area contributed by atoms with Crippen LogP contribution in [0, 0.1) is 5.92 Å². The van der Waals surface area contributed by atoms with Crippen LogP contribution in [0.15, 0.2) is 24.3 Å². The molecule has 1 N–H and O–H groups in total. The van der Waals surface area contributed by atoms with Gasteiger partial charge in [0.15, 0.2) is 0 Å². The number of likely N-dealkylation sites (N-methyl/N-ethyl adjacent to an activating group) is 1. The van der Waals surface area contributed by atoms with Gasteiger partial charge < -0.3 is 5.32 Å². The molecule has 2 atom stereocenters. The van der Waals surface area contributed by atoms with Crippen LogP contribution in [0.2, 0.25) is 0 Å². The molecule has 1 heterocycles. The van der Waals surface area contributed by atoms with Crippen molar-refractivity contribution in [3.8, 4) is 0 Å². The number of hydrogen-bond donors (Lipinski definition) is 1. The summed E-state index contributed by atoms with van der Waals surface area (Å²) in [5, 5.41) is 3.35. The highest BCUT2D eigenvalue weighted by molar-refractivity contribution is 5.37. The van der Waals surface area contributed by atoms with Crippen molar-refractivity contribution in [3.63, 3.8) is 0 Å². The van der Waals surface area contributed by atoms with Crippen LogP contribution in [0.3, 0.4) is 0 Å². The Hall–Kier alpha value is -1.07. The first-order valence-electron chi connectivity index (χ1n) is 7.56. The number of likely N-dealkylation sites (tertiary alicyclic amines) is 1. The number of fused-ring (bicyclic) bond motifs is 1. The lowest BCUT2D eigenvalue weighted by Crippen LogP contribution is -2.47. The summed E-state index contributed by atoms with van der Waals surface area (Å²) < 4.78 is 38.3. The Balaban J connectivity index is 1.69. The SMILES string of the molecule is CNC1c2ccccc2CC1N1CCC(C(F)(F)F)CC1. The van der Waals surface area contributed by atoms with E-state index in [0.29, 0.717) is 13.1 Å². The molecule has 21 heavy (non-hydrogen) atoms. The second-order valence-electron chi connectivity index (χ2n) is 6.09. The molecule has 2 unspecified atom stereocenters. The van der Waals surface area contributed by atoms with E-state index < -0.39 is 12.1 Å². The molecule has 2 aliphatic rings. The maximum Gasteiger partial charge on any atom is 0.391 e. The largest absolute Gasteiger partial charge is 0.391 e. The molecule has 3 rings (SSSR count). The number of hydrogen-bond acceptors (Lipinski definition) is 2. The van der Waals surface area contributed by atoms with Crippen molar-refractivity contribution < 1.29 is 13.2 Å². The number of benzene rings is 1. The third kappa shape index (κ3) is 2.81. The highest BCUT2D eigenvalue weighted by Crippen LogP contribution is 2.39. The molecular weight excluding hydrogens is 277 g/mol. The van der Waals surface area contributed by atoms with Gasteiger partial charge >= 0.3 is 6.18 Å². The lowest BCUT2D eigenvalue weighted by molar-refractivity contribution is -0.186. The molecule has 116 valence electrons. The number of halogens is 3. The van der Waals surface area contributed by atoms with Gasteiger partial charge in [0.25, 0.3) is 0 Å². The fourth-order valence-electron chi connectivity index (χ4n) is 3.82. The fourth-order valence-corrected chi connectivity index (χ4v) is 3.82. The molecule has 1 aromatic carbocycles. The first kappa shape index (κ1) is 14.9. The predicted molar refractivity (Wildman–Crippen MR) is 76.1 cm³/mol. The molecule has 5 heteroatoms. The van der Waals surface area contributed by atoms with Gasteiger partial charge in [0, 0.05) is 12.1 Å². The average Bonchev–Trinajstić information content (AvgIpc) is 2.85. The average molecular weight is 298 g/mol. The third-order valence-electron chi connectivity index (χ3n) is 4.98. The minimum atomic E-state index is -4.03. The van der Waals surface area contributed by atoms with Crippen molar-refractivity contribution in [2.75, 3.05) is 20.1 Å². The number of alkyl halides is 3. The standard InChI is InChI=1S/C16H21F3N2/c1-20-15-13-5-3-2-4-11(13)10-14(15)21-8-6-12(7-9-21)16(17,18)19/h2-5,12,14-15,20H,6-10H2,1H3. The van der Waals surface area contributed by atoms with Gasteiger partial charge in [-0.25, -0.2) is 0 Å². The second kappa shape index (κ2) is 5.61. The van der Waals surface area contributed by atoms with Gasteiger partial charge in [-0.2, -0.15) is 13.2 Å². The Morgan fingerprint density at radius 1 is 1.14 bits per heavy atom. The van der Waals surface area contributed by atoms with E-state index in [-0.39, 0.29) is 24.9 Å². The van der Waals surface area contributed by atoms with E-state index in [1.54, 1.807) is 0 Å². The lowest BCUT2D eigenvalue weighted by atomic mass is 9.94. The van der Waals surface area contributed by atoms with E-state index >= 15 is 0 Å². The van der Waals surface area contributed by atoms with Crippen molar-refractivity contribution in [1.82, 2.24) is 10.2 Å². The van der Waals surface area contributed by atoms with Gasteiger partial charge in [-0.1, -0.05) is 24.3 Å². The van der Waals surface area contributed by atoms with Crippen LogP contribution < -0.4 is 5.32 Å². The second-order valence-corrected chi connectivity index (χ2v) is 6.09. The summed E-state index contributed by atoms with van der Waals surface area (Å²) in [6, 6.07) is 8.82. The van der Waals surface area contributed by atoms with Crippen molar-refractivity contribution in [2.24, 2.45) is 5.92 Å². The van der Waals surface area contributed by atoms with Crippen LogP contribution in [0.5, 0.6) is 0 Å². The molecule has 1 saturated heterocycles. The van der Waals surface area contributed by atoms with Gasteiger partial charge in [-0.05, 0) is 50.5 Å². The summed E-state index contributed by atoms with van der Waals surface area (Å²) in [7, 11) is 1.93. The molecule has 0 bridgehead atoms. The smallest absolute Gasteiger partial charge is 0.312 e. The van der Waals surface area contributed by atoms with Crippen molar-refractivity contribution >= 4 is 0 Å². The maximum absolute atomic E-state index is 12.8. The van der Waals surface area contributed by atoms with Gasteiger partial charge in [-0.3, -0.25) is 4.90 Å². The van der Waals surface area contributed by atoms with Gasteiger partial charge in [0.2, 0.25) is 0 Å². The third-order valence-corrected chi connectivity index (χ3v) is 4.98. The molecule has 0 amide bonds. The fraction of sp³-hybridized carbons (Fsp3) is 0.625. The molecule has 1 fully saturated rings. The topological polar surface area (TPSA) is 15.3 Å². The zero-order valence-corrected chi connectivity index (χ0v) is 12.2. The number of nitrogens with one attached hydrogen (secondary N) is 1. The molecule has 0 aromatic heterocycles. The molecule has 0 saturated carbocycles. The van der Waals surface area contributed by atoms with Gasteiger partial charge in [-0.15, -0.1) is 0 Å². The molecule has 0 radical (unpaired) electrons. The summed E-state index contributed by atoms with van der Waals surface area (Å²) in [5.41, 5.74) is 2.61. The number of piperidine rings is 1. The van der Waals surface area contributed by atoms with Gasteiger partial charge in [0.05, 0.1) is 5.92 Å². The van der Waals surface area contributed by atoms with Crippen LogP contribution in [0.4, 0.5) is 13.2 Å². The minimum Gasteiger partial charge on any atom is -0.312 e. The molecular formula is C16H21F3N2. The van der Waals surface area contributed by atoms with Crippen LogP contribution in [-0.4, -0.2) is 37.3 Å². The van der Waals surface area contributed by atoms with Crippen molar-refractivity contribution in [1.29, 1.82) is 0 Å². The highest BCUT2D eigenvalue weighted by Gasteiger charge is 2.43. The quantitative estimate of drug-likeness (QED) is 0.902. The van der Waals surface area contributed by atoms with Crippen LogP contribution >= 0.6 is 0 Å². The number of nitrogens with zero attached hydrogens (tertiary/aromatic N) is 1. The Kier molecular flexibility index (Phi) is 3.97. The lowest BCUT2D eigenvalue weighted by Gasteiger charge is -2.39. The Morgan fingerprint density at radius 3 is 2.43 bits per heavy atom. The molecule has 2 nitrogen and oxygen atoms in total. The highest BCUT2D eigenvalue weighted by atomic mass is 19.4. The molecule has 1 aliphatic heterocycles. The summed E-state index contributed by atoms with van der Waals surface area (Å²) in [5.74, 6) is -1.12. The normalized spacial score (nSPS) is 27.8.